The van der Waals surface area contributed by atoms with Gasteiger partial charge in [0.2, 0.25) is 0 Å². The summed E-state index contributed by atoms with van der Waals surface area (Å²) >= 11 is 0. The zero-order valence-electron chi connectivity index (χ0n) is 9.18. The summed E-state index contributed by atoms with van der Waals surface area (Å²) in [4.78, 5) is 0. The van der Waals surface area contributed by atoms with E-state index in [9.17, 15) is 0 Å². The second kappa shape index (κ2) is 59.4. The molecular formula is C12H12O4W. The molecule has 0 aliphatic heterocycles. The fourth-order valence-electron chi connectivity index (χ4n) is 0.856. The molecule has 0 aromatic rings. The van der Waals surface area contributed by atoms with Gasteiger partial charge in [-0.25, -0.2) is 0 Å². The minimum absolute atomic E-state index is 0. The molecule has 0 aromatic carbocycles. The molecule has 1 aliphatic carbocycles. The molecule has 5 heteroatoms. The van der Waals surface area contributed by atoms with Crippen molar-refractivity contribution in [1.29, 1.82) is 0 Å². The van der Waals surface area contributed by atoms with Gasteiger partial charge < -0.3 is 0 Å². The zero-order valence-corrected chi connectivity index (χ0v) is 12.1. The van der Waals surface area contributed by atoms with Crippen molar-refractivity contribution in [1.82, 2.24) is 0 Å². The van der Waals surface area contributed by atoms with Gasteiger partial charge in [-0.3, -0.25) is 0 Å². The Balaban J connectivity index is -0.0000000462. The standard InChI is InChI=1S/C8H12.4CO.W/c1-2-4-6-8-7-5-3-1;4*1-2;/h1-2,7-8H,3-6H2;;;;;/b2-1-,8-7-;;;;;. The quantitative estimate of drug-likeness (QED) is 0.338. The molecule has 0 fully saturated rings. The maximum Gasteiger partial charge on any atom is 0 e. The van der Waals surface area contributed by atoms with Crippen LogP contribution in [0.5, 0.6) is 0 Å². The first kappa shape index (κ1) is 29.8. The van der Waals surface area contributed by atoms with Gasteiger partial charge >= 0.3 is 45.2 Å². The first-order valence-corrected chi connectivity index (χ1v) is 4.12. The molecule has 17 heavy (non-hydrogen) atoms. The van der Waals surface area contributed by atoms with Gasteiger partial charge in [-0.15, -0.1) is 0 Å². The molecular weight excluding hydrogens is 392 g/mol. The molecule has 0 N–H and O–H groups in total. The normalized spacial score (nSPS) is 13.6. The van der Waals surface area contributed by atoms with E-state index in [-0.39, 0.29) is 21.1 Å². The molecule has 0 saturated carbocycles. The monoisotopic (exact) mass is 404 g/mol. The molecule has 0 aromatic heterocycles. The largest absolute Gasteiger partial charge is 0 e. The van der Waals surface area contributed by atoms with Crippen LogP contribution in [0.15, 0.2) is 24.3 Å². The molecule has 4 nitrogen and oxygen atoms in total. The summed E-state index contributed by atoms with van der Waals surface area (Å²) in [5.74, 6) is 0. The summed E-state index contributed by atoms with van der Waals surface area (Å²) in [5, 5.41) is 0. The van der Waals surface area contributed by atoms with Gasteiger partial charge in [-0.1, -0.05) is 24.3 Å². The van der Waals surface area contributed by atoms with Crippen LogP contribution in [-0.4, -0.2) is 0 Å². The van der Waals surface area contributed by atoms with Crippen LogP contribution >= 0.6 is 0 Å². The third kappa shape index (κ3) is 51.3. The van der Waals surface area contributed by atoms with Crippen molar-refractivity contribution in [2.75, 3.05) is 0 Å². The van der Waals surface area contributed by atoms with E-state index in [2.05, 4.69) is 50.9 Å². The van der Waals surface area contributed by atoms with Gasteiger partial charge in [-0.2, -0.15) is 0 Å². The minimum Gasteiger partial charge on any atom is 0 e. The van der Waals surface area contributed by atoms with Crippen molar-refractivity contribution in [3.63, 3.8) is 0 Å². The van der Waals surface area contributed by atoms with E-state index in [1.54, 1.807) is 0 Å². The number of allylic oxidation sites excluding steroid dienone is 4. The summed E-state index contributed by atoms with van der Waals surface area (Å²) in [7, 11) is 0. The van der Waals surface area contributed by atoms with Crippen molar-refractivity contribution in [3.05, 3.63) is 50.9 Å². The van der Waals surface area contributed by atoms with Crippen molar-refractivity contribution in [2.45, 2.75) is 25.7 Å². The second-order valence-electron chi connectivity index (χ2n) is 2.10. The van der Waals surface area contributed by atoms with E-state index in [0.717, 1.165) is 0 Å². The third-order valence-corrected chi connectivity index (χ3v) is 1.33. The van der Waals surface area contributed by atoms with Crippen molar-refractivity contribution in [2.24, 2.45) is 0 Å². The van der Waals surface area contributed by atoms with E-state index in [0.29, 0.717) is 0 Å². The smallest absolute Gasteiger partial charge is 0 e. The molecule has 0 unspecified atom stereocenters. The van der Waals surface area contributed by atoms with Crippen LogP contribution in [0.2, 0.25) is 0 Å². The Labute approximate surface area is 116 Å². The average Bonchev–Trinajstić information content (AvgIpc) is 2.38. The van der Waals surface area contributed by atoms with Crippen LogP contribution in [0, 0.1) is 26.6 Å². The van der Waals surface area contributed by atoms with E-state index in [4.69, 9.17) is 18.6 Å². The second-order valence-corrected chi connectivity index (χ2v) is 2.10. The van der Waals surface area contributed by atoms with Gasteiger partial charge in [0, 0.05) is 21.1 Å². The molecule has 0 spiro atoms. The Hall–Kier alpha value is -0.872. The molecule has 0 bridgehead atoms. The average molecular weight is 404 g/mol. The first-order chi connectivity index (χ1) is 8.00. The van der Waals surface area contributed by atoms with E-state index in [1.165, 1.54) is 25.7 Å². The van der Waals surface area contributed by atoms with E-state index in [1.807, 2.05) is 0 Å². The Bertz CT molecular complexity index is 186. The fourth-order valence-corrected chi connectivity index (χ4v) is 0.856. The van der Waals surface area contributed by atoms with E-state index < -0.39 is 0 Å². The number of hydrogen-bond donors (Lipinski definition) is 0. The van der Waals surface area contributed by atoms with Crippen LogP contribution in [-0.2, 0) is 39.7 Å². The van der Waals surface area contributed by atoms with Crippen LogP contribution in [0.4, 0.5) is 0 Å². The van der Waals surface area contributed by atoms with Crippen LogP contribution in [0.1, 0.15) is 25.7 Å². The fraction of sp³-hybridized carbons (Fsp3) is 0.333. The molecule has 0 saturated heterocycles. The van der Waals surface area contributed by atoms with Gasteiger partial charge in [0.25, 0.3) is 0 Å². The van der Waals surface area contributed by atoms with Crippen LogP contribution in [0.3, 0.4) is 0 Å². The topological polar surface area (TPSA) is 79.6 Å². The van der Waals surface area contributed by atoms with E-state index >= 15 is 0 Å². The third-order valence-electron chi connectivity index (χ3n) is 1.33. The summed E-state index contributed by atoms with van der Waals surface area (Å²) in [6, 6.07) is 0. The predicted molar refractivity (Wildman–Crippen MR) is 52.5 cm³/mol. The summed E-state index contributed by atoms with van der Waals surface area (Å²) in [5.41, 5.74) is 0. The predicted octanol–water partition coefficient (Wildman–Crippen LogP) is 2.52. The summed E-state index contributed by atoms with van der Waals surface area (Å²) in [6.45, 7) is 18.0. The Kier molecular flexibility index (Phi) is 104. The van der Waals surface area contributed by atoms with Gasteiger partial charge in [-0.05, 0) is 25.7 Å². The summed E-state index contributed by atoms with van der Waals surface area (Å²) in [6.07, 6.45) is 14.0. The first-order valence-electron chi connectivity index (χ1n) is 4.12. The molecule has 0 radical (unpaired) electrons. The van der Waals surface area contributed by atoms with Gasteiger partial charge in [0.1, 0.15) is 0 Å². The zero-order chi connectivity index (χ0) is 13.7. The molecule has 0 amide bonds. The molecule has 90 valence electrons. The van der Waals surface area contributed by atoms with Crippen molar-refractivity contribution < 1.29 is 39.7 Å². The molecule has 0 heterocycles. The Morgan fingerprint density at radius 1 is 0.471 bits per heavy atom. The SMILES string of the molecule is C1=C\CC/C=C\CC/1.[C-]#[O+].[C-]#[O+].[C-]#[O+].[C-]#[O+].[W]. The van der Waals surface area contributed by atoms with Crippen molar-refractivity contribution in [3.8, 4) is 0 Å². The molecule has 1 aliphatic rings. The maximum atomic E-state index is 7.50. The van der Waals surface area contributed by atoms with Crippen molar-refractivity contribution >= 4 is 0 Å². The minimum atomic E-state index is 0. The van der Waals surface area contributed by atoms with Crippen LogP contribution in [0.25, 0.3) is 0 Å². The number of hydrogen-bond acceptors (Lipinski definition) is 0. The maximum absolute atomic E-state index is 7.50. The van der Waals surface area contributed by atoms with Gasteiger partial charge in [0.15, 0.2) is 0 Å². The molecule has 0 atom stereocenters. The Morgan fingerprint density at radius 2 is 0.588 bits per heavy atom. The van der Waals surface area contributed by atoms with Crippen LogP contribution < -0.4 is 0 Å². The summed E-state index contributed by atoms with van der Waals surface area (Å²) < 4.78 is 30.0. The van der Waals surface area contributed by atoms with Gasteiger partial charge in [0.05, 0.1) is 0 Å². The Morgan fingerprint density at radius 3 is 0.706 bits per heavy atom. The number of rotatable bonds is 0. The molecule has 1 rings (SSSR count).